The largest absolute Gasteiger partial charge is 0.190 e. The highest BCUT2D eigenvalue weighted by atomic mass is 32.2. The zero-order valence-corrected chi connectivity index (χ0v) is 5.37. The monoisotopic (exact) mass is 114 g/mol. The van der Waals surface area contributed by atoms with E-state index in [9.17, 15) is 0 Å². The van der Waals surface area contributed by atoms with Crippen LogP contribution in [0.3, 0.4) is 0 Å². The van der Waals surface area contributed by atoms with Crippen LogP contribution < -0.4 is 0 Å². The van der Waals surface area contributed by atoms with Crippen molar-refractivity contribution >= 4 is 15.9 Å². The smallest absolute Gasteiger partial charge is 0.000357 e. The molecule has 7 heavy (non-hydrogen) atoms. The Labute approximate surface area is 46.8 Å². The fourth-order valence-electron chi connectivity index (χ4n) is 1.44. The van der Waals surface area contributed by atoms with Crippen molar-refractivity contribution in [2.24, 2.45) is 5.92 Å². The fraction of sp³-hybridized carbons (Fsp3) is 0.833. The van der Waals surface area contributed by atoms with Gasteiger partial charge < -0.3 is 0 Å². The van der Waals surface area contributed by atoms with Gasteiger partial charge in [0.25, 0.3) is 0 Å². The maximum absolute atomic E-state index is 2.55. The van der Waals surface area contributed by atoms with Gasteiger partial charge in [-0.25, -0.2) is 0 Å². The highest BCUT2D eigenvalue weighted by molar-refractivity contribution is 8.15. The molecule has 3 aliphatic rings. The van der Waals surface area contributed by atoms with Gasteiger partial charge in [0.05, 0.1) is 0 Å². The Kier molecular flexibility index (Phi) is 0.670. The maximum Gasteiger partial charge on any atom is 0.000357 e. The van der Waals surface area contributed by atoms with E-state index >= 15 is 0 Å². The van der Waals surface area contributed by atoms with E-state index in [0.717, 1.165) is 21.7 Å². The van der Waals surface area contributed by atoms with Crippen LogP contribution in [0.4, 0.5) is 0 Å². The van der Waals surface area contributed by atoms with Crippen LogP contribution in [-0.4, -0.2) is 16.9 Å². The van der Waals surface area contributed by atoms with Crippen LogP contribution >= 0.6 is 10.5 Å². The van der Waals surface area contributed by atoms with Gasteiger partial charge in [-0.3, -0.25) is 0 Å². The summed E-state index contributed by atoms with van der Waals surface area (Å²) < 4.78 is 0. The highest BCUT2D eigenvalue weighted by Gasteiger charge is 2.34. The number of hydrogen-bond acceptors (Lipinski definition) is 0. The van der Waals surface area contributed by atoms with Gasteiger partial charge in [0.2, 0.25) is 0 Å². The summed E-state index contributed by atoms with van der Waals surface area (Å²) in [6.45, 7) is 0. The summed E-state index contributed by atoms with van der Waals surface area (Å²) in [6, 6.07) is 0. The Morgan fingerprint density at radius 3 is 2.43 bits per heavy atom. The van der Waals surface area contributed by atoms with Gasteiger partial charge >= 0.3 is 0 Å². The lowest BCUT2D eigenvalue weighted by Crippen LogP contribution is -2.18. The van der Waals surface area contributed by atoms with Gasteiger partial charge in [-0.1, -0.05) is 5.37 Å². The van der Waals surface area contributed by atoms with E-state index in [0.29, 0.717) is 0 Å². The van der Waals surface area contributed by atoms with Crippen LogP contribution in [0.5, 0.6) is 0 Å². The summed E-state index contributed by atoms with van der Waals surface area (Å²) in [7, 11) is 0.731. The molecule has 1 fully saturated rings. The summed E-state index contributed by atoms with van der Waals surface area (Å²) >= 11 is 0. The third kappa shape index (κ3) is 0.421. The van der Waals surface area contributed by atoms with Crippen molar-refractivity contribution in [3.05, 3.63) is 0 Å². The SMILES string of the molecule is CS1=CC2CC1C2. The average Bonchev–Trinajstić information content (AvgIpc) is 1.85. The number of rotatable bonds is 0. The van der Waals surface area contributed by atoms with E-state index in [1.54, 1.807) is 0 Å². The molecule has 0 spiro atoms. The molecular formula is C6H10S. The van der Waals surface area contributed by atoms with Gasteiger partial charge in [0, 0.05) is 5.25 Å². The minimum absolute atomic E-state index is 0.731. The van der Waals surface area contributed by atoms with E-state index in [-0.39, 0.29) is 0 Å². The normalized spacial score (nSPS) is 55.9. The fourth-order valence-corrected chi connectivity index (χ4v) is 3.59. The molecule has 40 valence electrons. The Balaban J connectivity index is 2.30. The van der Waals surface area contributed by atoms with Gasteiger partial charge in [0.15, 0.2) is 0 Å². The van der Waals surface area contributed by atoms with E-state index < -0.39 is 0 Å². The summed E-state index contributed by atoms with van der Waals surface area (Å²) in [5.41, 5.74) is 0. The molecule has 1 aliphatic carbocycles. The molecule has 0 aromatic carbocycles. The third-order valence-electron chi connectivity index (χ3n) is 2.06. The highest BCUT2D eigenvalue weighted by Crippen LogP contribution is 2.46. The molecule has 0 aromatic heterocycles. The molecule has 0 radical (unpaired) electrons. The molecule has 2 bridgehead atoms. The molecule has 2 aliphatic heterocycles. The predicted octanol–water partition coefficient (Wildman–Crippen LogP) is 1.48. The quantitative estimate of drug-likeness (QED) is 0.418. The zero-order chi connectivity index (χ0) is 4.85. The minimum Gasteiger partial charge on any atom is -0.190 e. The average molecular weight is 114 g/mol. The zero-order valence-electron chi connectivity index (χ0n) is 4.55. The molecule has 1 saturated carbocycles. The minimum atomic E-state index is 0.731. The Morgan fingerprint density at radius 1 is 1.57 bits per heavy atom. The van der Waals surface area contributed by atoms with E-state index in [2.05, 4.69) is 11.6 Å². The van der Waals surface area contributed by atoms with Gasteiger partial charge in [-0.15, -0.1) is 0 Å². The molecule has 1 heteroatoms. The first kappa shape index (κ1) is 4.13. The lowest BCUT2D eigenvalue weighted by Gasteiger charge is -2.23. The predicted molar refractivity (Wildman–Crippen MR) is 36.1 cm³/mol. The van der Waals surface area contributed by atoms with Crippen LogP contribution in [0.1, 0.15) is 12.8 Å². The van der Waals surface area contributed by atoms with Crippen LogP contribution in [0.25, 0.3) is 0 Å². The van der Waals surface area contributed by atoms with Gasteiger partial charge in [-0.05, 0) is 25.0 Å². The number of hydrogen-bond donors (Lipinski definition) is 0. The molecular weight excluding hydrogens is 104 g/mol. The first-order valence-corrected chi connectivity index (χ1v) is 4.61. The molecule has 0 aromatic rings. The van der Waals surface area contributed by atoms with Gasteiger partial charge in [-0.2, -0.15) is 10.5 Å². The van der Waals surface area contributed by atoms with E-state index in [1.165, 1.54) is 12.8 Å². The van der Waals surface area contributed by atoms with Gasteiger partial charge in [0.1, 0.15) is 0 Å². The topological polar surface area (TPSA) is 0 Å². The van der Waals surface area contributed by atoms with Crippen molar-refractivity contribution in [2.75, 3.05) is 6.26 Å². The summed E-state index contributed by atoms with van der Waals surface area (Å²) in [4.78, 5) is 0. The third-order valence-corrected chi connectivity index (χ3v) is 4.31. The van der Waals surface area contributed by atoms with Crippen molar-refractivity contribution in [1.82, 2.24) is 0 Å². The van der Waals surface area contributed by atoms with Crippen molar-refractivity contribution in [1.29, 1.82) is 0 Å². The molecule has 0 saturated heterocycles. The molecule has 2 heterocycles. The van der Waals surface area contributed by atoms with E-state index in [1.807, 2.05) is 0 Å². The molecule has 0 N–H and O–H groups in total. The van der Waals surface area contributed by atoms with Crippen LogP contribution in [0.15, 0.2) is 0 Å². The van der Waals surface area contributed by atoms with Crippen molar-refractivity contribution < 1.29 is 0 Å². The Morgan fingerprint density at radius 2 is 2.29 bits per heavy atom. The molecule has 3 rings (SSSR count). The lowest BCUT2D eigenvalue weighted by molar-refractivity contribution is 0.452. The summed E-state index contributed by atoms with van der Waals surface area (Å²) in [5, 5.41) is 3.68. The van der Waals surface area contributed by atoms with E-state index in [4.69, 9.17) is 0 Å². The summed E-state index contributed by atoms with van der Waals surface area (Å²) in [6.07, 6.45) is 5.43. The first-order valence-electron chi connectivity index (χ1n) is 2.85. The lowest BCUT2D eigenvalue weighted by atomic mass is 9.87. The molecule has 0 nitrogen and oxygen atoms in total. The molecule has 1 unspecified atom stereocenters. The maximum atomic E-state index is 2.55. The van der Waals surface area contributed by atoms with Crippen molar-refractivity contribution in [3.8, 4) is 0 Å². The first-order chi connectivity index (χ1) is 3.36. The van der Waals surface area contributed by atoms with Crippen molar-refractivity contribution in [3.63, 3.8) is 0 Å². The van der Waals surface area contributed by atoms with Crippen LogP contribution in [0, 0.1) is 5.92 Å². The second-order valence-corrected chi connectivity index (χ2v) is 4.75. The summed E-state index contributed by atoms with van der Waals surface area (Å²) in [5.74, 6) is 1.05. The van der Waals surface area contributed by atoms with Crippen LogP contribution in [0.2, 0.25) is 0 Å². The molecule has 0 amide bonds. The standard InChI is InChI=1S/C6H10S/c1-7-4-5-2-6(7)3-5/h4-6H,2-3H2,1H3. The Hall–Kier alpha value is 0.220. The second kappa shape index (κ2) is 1.13. The molecule has 1 atom stereocenters. The second-order valence-electron chi connectivity index (χ2n) is 2.60. The van der Waals surface area contributed by atoms with Crippen molar-refractivity contribution in [2.45, 2.75) is 18.1 Å². The Bertz CT molecular complexity index is 120. The van der Waals surface area contributed by atoms with Crippen LogP contribution in [-0.2, 0) is 0 Å².